The lowest BCUT2D eigenvalue weighted by atomic mass is 10.0. The first kappa shape index (κ1) is 12.3. The van der Waals surface area contributed by atoms with Crippen molar-refractivity contribution in [3.63, 3.8) is 0 Å². The normalized spacial score (nSPS) is 16.4. The van der Waals surface area contributed by atoms with Crippen LogP contribution >= 0.6 is 0 Å². The van der Waals surface area contributed by atoms with Gasteiger partial charge in [0.1, 0.15) is 0 Å². The fourth-order valence-corrected chi connectivity index (χ4v) is 2.32. The molecule has 0 saturated carbocycles. The Morgan fingerprint density at radius 2 is 1.95 bits per heavy atom. The summed E-state index contributed by atoms with van der Waals surface area (Å²) in [4.78, 5) is 27.7. The molecule has 0 spiro atoms. The second-order valence-electron chi connectivity index (χ2n) is 4.60. The molecule has 0 aliphatic carbocycles. The van der Waals surface area contributed by atoms with Crippen LogP contribution in [0.3, 0.4) is 0 Å². The van der Waals surface area contributed by atoms with E-state index in [0.29, 0.717) is 11.3 Å². The van der Waals surface area contributed by atoms with Crippen molar-refractivity contribution >= 4 is 17.5 Å². The third-order valence-electron chi connectivity index (χ3n) is 3.24. The van der Waals surface area contributed by atoms with Gasteiger partial charge in [-0.25, -0.2) is 0 Å². The van der Waals surface area contributed by atoms with Gasteiger partial charge in [0.15, 0.2) is 0 Å². The summed E-state index contributed by atoms with van der Waals surface area (Å²) in [6.45, 7) is 0. The van der Waals surface area contributed by atoms with E-state index in [9.17, 15) is 9.59 Å². The van der Waals surface area contributed by atoms with Gasteiger partial charge in [-0.2, -0.15) is 0 Å². The number of pyridine rings is 1. The molecule has 1 atom stereocenters. The molecule has 100 valence electrons. The maximum absolute atomic E-state index is 12.0. The molecule has 5 heteroatoms. The monoisotopic (exact) mass is 267 g/mol. The Morgan fingerprint density at radius 3 is 2.75 bits per heavy atom. The summed E-state index contributed by atoms with van der Waals surface area (Å²) in [5.41, 5.74) is 2.22. The van der Waals surface area contributed by atoms with Gasteiger partial charge in [0, 0.05) is 23.6 Å². The van der Waals surface area contributed by atoms with Crippen LogP contribution in [0.2, 0.25) is 0 Å². The highest BCUT2D eigenvalue weighted by molar-refractivity contribution is 6.00. The molecule has 0 fully saturated rings. The van der Waals surface area contributed by atoms with Gasteiger partial charge >= 0.3 is 0 Å². The standard InChI is InChI=1S/C15H13N3O2/c19-14(17-10-5-7-16-8-6-10)9-13-11-3-1-2-4-12(11)15(20)18-13/h1-8,13H,9H2,(H,18,20)(H,16,17,19). The predicted octanol–water partition coefficient (Wildman–Crippen LogP) is 1.89. The van der Waals surface area contributed by atoms with Gasteiger partial charge in [0.2, 0.25) is 5.91 Å². The highest BCUT2D eigenvalue weighted by atomic mass is 16.2. The van der Waals surface area contributed by atoms with Crippen LogP contribution in [-0.2, 0) is 4.79 Å². The Morgan fingerprint density at radius 1 is 1.20 bits per heavy atom. The molecule has 0 saturated heterocycles. The van der Waals surface area contributed by atoms with Crippen molar-refractivity contribution in [2.45, 2.75) is 12.5 Å². The van der Waals surface area contributed by atoms with Crippen LogP contribution in [0.5, 0.6) is 0 Å². The van der Waals surface area contributed by atoms with E-state index >= 15 is 0 Å². The van der Waals surface area contributed by atoms with Gasteiger partial charge in [0.05, 0.1) is 12.5 Å². The summed E-state index contributed by atoms with van der Waals surface area (Å²) >= 11 is 0. The molecule has 2 aromatic rings. The van der Waals surface area contributed by atoms with Crippen LogP contribution in [-0.4, -0.2) is 16.8 Å². The first-order valence-electron chi connectivity index (χ1n) is 6.34. The molecule has 2 heterocycles. The molecule has 1 unspecified atom stereocenters. The fourth-order valence-electron chi connectivity index (χ4n) is 2.32. The SMILES string of the molecule is O=C(CC1NC(=O)c2ccccc21)Nc1ccncc1. The molecule has 1 aromatic carbocycles. The van der Waals surface area contributed by atoms with Gasteiger partial charge in [-0.05, 0) is 23.8 Å². The number of rotatable bonds is 3. The van der Waals surface area contributed by atoms with Crippen molar-refractivity contribution in [3.8, 4) is 0 Å². The fraction of sp³-hybridized carbons (Fsp3) is 0.133. The zero-order valence-corrected chi connectivity index (χ0v) is 10.7. The molecule has 1 aliphatic heterocycles. The molecule has 3 rings (SSSR count). The van der Waals surface area contributed by atoms with Crippen molar-refractivity contribution in [2.24, 2.45) is 0 Å². The highest BCUT2D eigenvalue weighted by Crippen LogP contribution is 2.27. The summed E-state index contributed by atoms with van der Waals surface area (Å²) in [7, 11) is 0. The van der Waals surface area contributed by atoms with E-state index < -0.39 is 0 Å². The molecule has 0 radical (unpaired) electrons. The van der Waals surface area contributed by atoms with Crippen molar-refractivity contribution in [2.75, 3.05) is 5.32 Å². The highest BCUT2D eigenvalue weighted by Gasteiger charge is 2.29. The third kappa shape index (κ3) is 2.38. The number of amides is 2. The molecule has 2 N–H and O–H groups in total. The summed E-state index contributed by atoms with van der Waals surface area (Å²) in [5.74, 6) is -0.263. The third-order valence-corrected chi connectivity index (χ3v) is 3.24. The van der Waals surface area contributed by atoms with E-state index in [-0.39, 0.29) is 24.3 Å². The maximum Gasteiger partial charge on any atom is 0.252 e. The van der Waals surface area contributed by atoms with E-state index in [4.69, 9.17) is 0 Å². The largest absolute Gasteiger partial charge is 0.345 e. The van der Waals surface area contributed by atoms with E-state index in [0.717, 1.165) is 5.56 Å². The molecule has 5 nitrogen and oxygen atoms in total. The van der Waals surface area contributed by atoms with Gasteiger partial charge in [-0.3, -0.25) is 14.6 Å². The lowest BCUT2D eigenvalue weighted by Crippen LogP contribution is -2.24. The minimum Gasteiger partial charge on any atom is -0.345 e. The number of carbonyl (C=O) groups is 2. The van der Waals surface area contributed by atoms with Crippen molar-refractivity contribution in [1.82, 2.24) is 10.3 Å². The smallest absolute Gasteiger partial charge is 0.252 e. The Balaban J connectivity index is 1.70. The van der Waals surface area contributed by atoms with Crippen LogP contribution in [0.4, 0.5) is 5.69 Å². The van der Waals surface area contributed by atoms with E-state index in [1.165, 1.54) is 0 Å². The van der Waals surface area contributed by atoms with Crippen molar-refractivity contribution < 1.29 is 9.59 Å². The van der Waals surface area contributed by atoms with Gasteiger partial charge in [-0.15, -0.1) is 0 Å². The minimum atomic E-state index is -0.263. The van der Waals surface area contributed by atoms with Crippen LogP contribution in [0.15, 0.2) is 48.8 Å². The second kappa shape index (κ2) is 5.13. The van der Waals surface area contributed by atoms with Crippen LogP contribution in [0, 0.1) is 0 Å². The zero-order valence-electron chi connectivity index (χ0n) is 10.7. The van der Waals surface area contributed by atoms with E-state index in [2.05, 4.69) is 15.6 Å². The Bertz CT molecular complexity index is 655. The molecular formula is C15H13N3O2. The average Bonchev–Trinajstić information content (AvgIpc) is 2.77. The average molecular weight is 267 g/mol. The van der Waals surface area contributed by atoms with E-state index in [1.54, 1.807) is 30.6 Å². The summed E-state index contributed by atoms with van der Waals surface area (Å²) < 4.78 is 0. The number of hydrogen-bond donors (Lipinski definition) is 2. The number of nitrogens with zero attached hydrogens (tertiary/aromatic N) is 1. The first-order chi connectivity index (χ1) is 9.74. The number of anilines is 1. The molecular weight excluding hydrogens is 254 g/mol. The number of fused-ring (bicyclic) bond motifs is 1. The Labute approximate surface area is 116 Å². The summed E-state index contributed by atoms with van der Waals surface area (Å²) in [6, 6.07) is 10.5. The van der Waals surface area contributed by atoms with Crippen molar-refractivity contribution in [1.29, 1.82) is 0 Å². The summed E-state index contributed by atoms with van der Waals surface area (Å²) in [6.07, 6.45) is 3.44. The zero-order chi connectivity index (χ0) is 13.9. The molecule has 1 aliphatic rings. The van der Waals surface area contributed by atoms with Crippen molar-refractivity contribution in [3.05, 3.63) is 59.9 Å². The number of carbonyl (C=O) groups excluding carboxylic acids is 2. The van der Waals surface area contributed by atoms with E-state index in [1.807, 2.05) is 18.2 Å². The lowest BCUT2D eigenvalue weighted by molar-refractivity contribution is -0.116. The predicted molar refractivity (Wildman–Crippen MR) is 74.1 cm³/mol. The quantitative estimate of drug-likeness (QED) is 0.892. The number of aromatic nitrogens is 1. The molecule has 1 aromatic heterocycles. The topological polar surface area (TPSA) is 71.1 Å². The molecule has 2 amide bonds. The van der Waals surface area contributed by atoms with Crippen LogP contribution < -0.4 is 10.6 Å². The van der Waals surface area contributed by atoms with Crippen LogP contribution in [0.25, 0.3) is 0 Å². The molecule has 20 heavy (non-hydrogen) atoms. The number of nitrogens with one attached hydrogen (secondary N) is 2. The number of benzene rings is 1. The maximum atomic E-state index is 12.0. The second-order valence-corrected chi connectivity index (χ2v) is 4.60. The Hall–Kier alpha value is -2.69. The minimum absolute atomic E-state index is 0.123. The number of hydrogen-bond acceptors (Lipinski definition) is 3. The Kier molecular flexibility index (Phi) is 3.16. The molecule has 0 bridgehead atoms. The van der Waals surface area contributed by atoms with Gasteiger partial charge in [-0.1, -0.05) is 18.2 Å². The van der Waals surface area contributed by atoms with Crippen LogP contribution in [0.1, 0.15) is 28.4 Å². The summed E-state index contributed by atoms with van der Waals surface area (Å²) in [5, 5.41) is 5.61. The van der Waals surface area contributed by atoms with Gasteiger partial charge in [0.25, 0.3) is 5.91 Å². The lowest BCUT2D eigenvalue weighted by Gasteiger charge is -2.11. The van der Waals surface area contributed by atoms with Gasteiger partial charge < -0.3 is 10.6 Å². The first-order valence-corrected chi connectivity index (χ1v) is 6.34.